The molecule has 0 fully saturated rings. The Balaban J connectivity index is 2.10. The minimum absolute atomic E-state index is 0.267. The van der Waals surface area contributed by atoms with Crippen molar-refractivity contribution in [3.05, 3.63) is 36.9 Å². The number of rotatable bonds is 3. The van der Waals surface area contributed by atoms with Crippen molar-refractivity contribution in [3.63, 3.8) is 0 Å². The molecule has 0 radical (unpaired) electrons. The van der Waals surface area contributed by atoms with Crippen molar-refractivity contribution in [2.24, 2.45) is 0 Å². The molecule has 0 aliphatic heterocycles. The summed E-state index contributed by atoms with van der Waals surface area (Å²) < 4.78 is 41.1. The molecule has 0 aliphatic rings. The quantitative estimate of drug-likeness (QED) is 0.931. The monoisotopic (exact) mass is 270 g/mol. The molecule has 19 heavy (non-hydrogen) atoms. The minimum atomic E-state index is -4.52. The molecule has 0 atom stereocenters. The molecule has 0 bridgehead atoms. The van der Waals surface area contributed by atoms with E-state index < -0.39 is 18.5 Å². The Morgan fingerprint density at radius 1 is 1.37 bits per heavy atom. The summed E-state index contributed by atoms with van der Waals surface area (Å²) in [5.74, 6) is -0.644. The van der Waals surface area contributed by atoms with Crippen LogP contribution in [0.4, 0.5) is 18.9 Å². The van der Waals surface area contributed by atoms with Gasteiger partial charge < -0.3 is 9.73 Å². The number of nitrogens with one attached hydrogen (secondary N) is 1. The van der Waals surface area contributed by atoms with Crippen molar-refractivity contribution in [1.82, 2.24) is 4.98 Å². The summed E-state index contributed by atoms with van der Waals surface area (Å²) in [4.78, 5) is 14.9. The molecule has 2 rings (SSSR count). The van der Waals surface area contributed by atoms with E-state index in [1.165, 1.54) is 24.7 Å². The molecule has 100 valence electrons. The highest BCUT2D eigenvalue weighted by Gasteiger charge is 2.31. The second kappa shape index (κ2) is 5.13. The highest BCUT2D eigenvalue weighted by atomic mass is 19.4. The van der Waals surface area contributed by atoms with Crippen LogP contribution >= 0.6 is 0 Å². The Morgan fingerprint density at radius 2 is 2.16 bits per heavy atom. The first-order valence-corrected chi connectivity index (χ1v) is 5.29. The normalized spacial score (nSPS) is 11.3. The van der Waals surface area contributed by atoms with E-state index in [1.54, 1.807) is 12.1 Å². The van der Waals surface area contributed by atoms with Crippen LogP contribution in [0.3, 0.4) is 0 Å². The van der Waals surface area contributed by atoms with E-state index in [4.69, 9.17) is 4.42 Å². The number of aromatic nitrogens is 1. The number of oxazole rings is 1. The van der Waals surface area contributed by atoms with Gasteiger partial charge in [-0.1, -0.05) is 12.1 Å². The van der Waals surface area contributed by atoms with Crippen LogP contribution in [0.25, 0.3) is 11.3 Å². The van der Waals surface area contributed by atoms with Gasteiger partial charge >= 0.3 is 6.18 Å². The Bertz CT molecular complexity index is 565. The SMILES string of the molecule is O=C(CC(F)(F)F)Nc1cccc(-c2cnco2)c1. The number of halogens is 3. The van der Waals surface area contributed by atoms with Gasteiger partial charge in [-0.2, -0.15) is 13.2 Å². The molecule has 2 aromatic rings. The van der Waals surface area contributed by atoms with Crippen molar-refractivity contribution in [1.29, 1.82) is 0 Å². The van der Waals surface area contributed by atoms with Crippen molar-refractivity contribution >= 4 is 11.6 Å². The zero-order valence-corrected chi connectivity index (χ0v) is 9.57. The van der Waals surface area contributed by atoms with E-state index >= 15 is 0 Å². The molecular formula is C12H9F3N2O2. The highest BCUT2D eigenvalue weighted by Crippen LogP contribution is 2.24. The molecule has 1 aromatic heterocycles. The van der Waals surface area contributed by atoms with Crippen molar-refractivity contribution in [2.75, 3.05) is 5.32 Å². The van der Waals surface area contributed by atoms with Gasteiger partial charge in [0.1, 0.15) is 6.42 Å². The molecule has 1 N–H and O–H groups in total. The molecule has 0 saturated carbocycles. The maximum absolute atomic E-state index is 12.0. The van der Waals surface area contributed by atoms with Gasteiger partial charge in [-0.3, -0.25) is 4.79 Å². The zero-order chi connectivity index (χ0) is 13.9. The Kier molecular flexibility index (Phi) is 3.55. The first-order chi connectivity index (χ1) is 8.94. The van der Waals surface area contributed by atoms with Gasteiger partial charge in [-0.15, -0.1) is 0 Å². The number of hydrogen-bond acceptors (Lipinski definition) is 3. The Hall–Kier alpha value is -2.31. The standard InChI is InChI=1S/C12H9F3N2O2/c13-12(14,15)5-11(18)17-9-3-1-2-8(4-9)10-6-16-7-19-10/h1-4,6-7H,5H2,(H,17,18). The zero-order valence-electron chi connectivity index (χ0n) is 9.57. The summed E-state index contributed by atoms with van der Waals surface area (Å²) in [7, 11) is 0. The largest absolute Gasteiger partial charge is 0.444 e. The van der Waals surface area contributed by atoms with Gasteiger partial charge in [0.25, 0.3) is 0 Å². The molecule has 0 aliphatic carbocycles. The average Bonchev–Trinajstić information content (AvgIpc) is 2.79. The second-order valence-electron chi connectivity index (χ2n) is 3.79. The number of hydrogen-bond donors (Lipinski definition) is 1. The number of carbonyl (C=O) groups excluding carboxylic acids is 1. The number of amides is 1. The predicted octanol–water partition coefficient (Wildman–Crippen LogP) is 3.23. The highest BCUT2D eigenvalue weighted by molar-refractivity contribution is 5.91. The minimum Gasteiger partial charge on any atom is -0.444 e. The second-order valence-corrected chi connectivity index (χ2v) is 3.79. The summed E-state index contributed by atoms with van der Waals surface area (Å²) in [5.41, 5.74) is 0.880. The van der Waals surface area contributed by atoms with E-state index in [2.05, 4.69) is 10.3 Å². The molecule has 0 spiro atoms. The average molecular weight is 270 g/mol. The van der Waals surface area contributed by atoms with Crippen LogP contribution in [0.15, 0.2) is 41.3 Å². The van der Waals surface area contributed by atoms with Gasteiger partial charge in [0.15, 0.2) is 12.2 Å². The number of alkyl halides is 3. The van der Waals surface area contributed by atoms with Crippen LogP contribution in [0.1, 0.15) is 6.42 Å². The van der Waals surface area contributed by atoms with Gasteiger partial charge in [0.2, 0.25) is 5.91 Å². The summed E-state index contributed by atoms with van der Waals surface area (Å²) in [6, 6.07) is 6.30. The third-order valence-corrected chi connectivity index (χ3v) is 2.22. The number of anilines is 1. The van der Waals surface area contributed by atoms with Crippen LogP contribution < -0.4 is 5.32 Å². The van der Waals surface area contributed by atoms with Crippen LogP contribution in [-0.2, 0) is 4.79 Å². The fraction of sp³-hybridized carbons (Fsp3) is 0.167. The predicted molar refractivity (Wildman–Crippen MR) is 61.2 cm³/mol. The summed E-state index contributed by atoms with van der Waals surface area (Å²) >= 11 is 0. The summed E-state index contributed by atoms with van der Waals surface area (Å²) in [5, 5.41) is 2.18. The summed E-state index contributed by atoms with van der Waals surface area (Å²) in [6.45, 7) is 0. The van der Waals surface area contributed by atoms with Crippen LogP contribution in [0, 0.1) is 0 Å². The molecule has 7 heteroatoms. The summed E-state index contributed by atoms with van der Waals surface area (Å²) in [6.07, 6.45) is -3.33. The van der Waals surface area contributed by atoms with Gasteiger partial charge in [0.05, 0.1) is 6.20 Å². The fourth-order valence-corrected chi connectivity index (χ4v) is 1.50. The van der Waals surface area contributed by atoms with Crippen LogP contribution in [0.5, 0.6) is 0 Å². The molecule has 1 heterocycles. The fourth-order valence-electron chi connectivity index (χ4n) is 1.50. The lowest BCUT2D eigenvalue weighted by Crippen LogP contribution is -2.21. The molecule has 4 nitrogen and oxygen atoms in total. The number of nitrogens with zero attached hydrogens (tertiary/aromatic N) is 1. The third kappa shape index (κ3) is 3.84. The van der Waals surface area contributed by atoms with E-state index in [1.807, 2.05) is 0 Å². The molecular weight excluding hydrogens is 261 g/mol. The van der Waals surface area contributed by atoms with E-state index in [0.717, 1.165) is 0 Å². The number of carbonyl (C=O) groups is 1. The molecule has 0 saturated heterocycles. The molecule has 0 unspecified atom stereocenters. The van der Waals surface area contributed by atoms with Crippen molar-refractivity contribution in [2.45, 2.75) is 12.6 Å². The lowest BCUT2D eigenvalue weighted by atomic mass is 10.1. The van der Waals surface area contributed by atoms with E-state index in [9.17, 15) is 18.0 Å². The lowest BCUT2D eigenvalue weighted by molar-refractivity contribution is -0.150. The molecule has 1 amide bonds. The van der Waals surface area contributed by atoms with Gasteiger partial charge in [-0.05, 0) is 12.1 Å². The van der Waals surface area contributed by atoms with Crippen molar-refractivity contribution < 1.29 is 22.4 Å². The Morgan fingerprint density at radius 3 is 2.79 bits per heavy atom. The van der Waals surface area contributed by atoms with E-state index in [-0.39, 0.29) is 5.69 Å². The first kappa shape index (κ1) is 13.1. The van der Waals surface area contributed by atoms with Crippen LogP contribution in [-0.4, -0.2) is 17.1 Å². The smallest absolute Gasteiger partial charge is 0.397 e. The third-order valence-electron chi connectivity index (χ3n) is 2.22. The maximum atomic E-state index is 12.0. The van der Waals surface area contributed by atoms with Crippen LogP contribution in [0.2, 0.25) is 0 Å². The Labute approximate surface area is 106 Å². The van der Waals surface area contributed by atoms with Gasteiger partial charge in [-0.25, -0.2) is 4.98 Å². The van der Waals surface area contributed by atoms with Crippen molar-refractivity contribution in [3.8, 4) is 11.3 Å². The number of benzene rings is 1. The maximum Gasteiger partial charge on any atom is 0.397 e. The van der Waals surface area contributed by atoms with E-state index in [0.29, 0.717) is 11.3 Å². The van der Waals surface area contributed by atoms with Gasteiger partial charge in [0, 0.05) is 11.3 Å². The molecule has 1 aromatic carbocycles. The first-order valence-electron chi connectivity index (χ1n) is 5.29. The lowest BCUT2D eigenvalue weighted by Gasteiger charge is -2.08. The topological polar surface area (TPSA) is 55.1 Å².